The topological polar surface area (TPSA) is 180 Å². The lowest BCUT2D eigenvalue weighted by molar-refractivity contribution is -0.122. The second-order valence-corrected chi connectivity index (χ2v) is 11.4. The average Bonchev–Trinajstić information content (AvgIpc) is 3.66. The van der Waals surface area contributed by atoms with Crippen LogP contribution in [0.15, 0.2) is 52.1 Å². The summed E-state index contributed by atoms with van der Waals surface area (Å²) in [6, 6.07) is 8.54. The molecule has 1 aliphatic heterocycles. The molecule has 2 heterocycles. The lowest BCUT2D eigenvalue weighted by atomic mass is 9.69. The van der Waals surface area contributed by atoms with Gasteiger partial charge in [0, 0.05) is 36.3 Å². The van der Waals surface area contributed by atoms with E-state index in [1.54, 1.807) is 6.92 Å². The first kappa shape index (κ1) is 33.2. The fraction of sp³-hybridized carbons (Fsp3) is 0.333. The molecule has 0 fully saturated rings. The molecular formula is C33H32ClNO12. The molecule has 3 aromatic rings. The molecule has 2 aliphatic rings. The summed E-state index contributed by atoms with van der Waals surface area (Å²) in [5, 5.41) is 24.9. The van der Waals surface area contributed by atoms with Crippen molar-refractivity contribution in [2.24, 2.45) is 5.92 Å². The van der Waals surface area contributed by atoms with Crippen LogP contribution in [0, 0.1) is 5.92 Å². The van der Waals surface area contributed by atoms with Crippen LogP contribution in [0.2, 0.25) is 5.02 Å². The number of amides is 1. The van der Waals surface area contributed by atoms with Crippen molar-refractivity contribution >= 4 is 35.0 Å². The van der Waals surface area contributed by atoms with Crippen LogP contribution in [-0.2, 0) is 20.9 Å². The highest BCUT2D eigenvalue weighted by Crippen LogP contribution is 2.56. The number of phenols is 1. The fourth-order valence-corrected chi connectivity index (χ4v) is 6.23. The number of hydrogen-bond donors (Lipinski definition) is 3. The molecule has 3 N–H and O–H groups in total. The number of ether oxygens (including phenoxy) is 5. The van der Waals surface area contributed by atoms with Crippen LogP contribution >= 0.6 is 11.6 Å². The van der Waals surface area contributed by atoms with Crippen molar-refractivity contribution in [3.63, 3.8) is 0 Å². The van der Waals surface area contributed by atoms with Gasteiger partial charge in [0.1, 0.15) is 27.8 Å². The molecule has 1 amide bonds. The number of fused-ring (bicyclic) bond motifs is 1. The van der Waals surface area contributed by atoms with Crippen LogP contribution in [0.1, 0.15) is 57.9 Å². The largest absolute Gasteiger partial charge is 0.507 e. The minimum atomic E-state index is -2.08. The quantitative estimate of drug-likeness (QED) is 0.254. The van der Waals surface area contributed by atoms with Crippen LogP contribution in [0.25, 0.3) is 0 Å². The summed E-state index contributed by atoms with van der Waals surface area (Å²) in [6.45, 7) is 1.47. The zero-order valence-electron chi connectivity index (χ0n) is 26.1. The Labute approximate surface area is 273 Å². The van der Waals surface area contributed by atoms with Crippen molar-refractivity contribution in [2.45, 2.75) is 37.8 Å². The third-order valence-corrected chi connectivity index (χ3v) is 8.72. The Morgan fingerprint density at radius 3 is 2.38 bits per heavy atom. The highest BCUT2D eigenvalue weighted by atomic mass is 35.5. The molecule has 0 radical (unpaired) electrons. The van der Waals surface area contributed by atoms with Gasteiger partial charge in [-0.25, -0.2) is 4.79 Å². The van der Waals surface area contributed by atoms with E-state index in [2.05, 4.69) is 10.1 Å². The number of hydrogen-bond acceptors (Lipinski definition) is 12. The summed E-state index contributed by atoms with van der Waals surface area (Å²) in [6.07, 6.45) is -0.626. The van der Waals surface area contributed by atoms with Gasteiger partial charge in [-0.15, -0.1) is 0 Å². The number of nitrogens with one attached hydrogen (secondary N) is 1. The van der Waals surface area contributed by atoms with Gasteiger partial charge < -0.3 is 43.6 Å². The maximum absolute atomic E-state index is 14.3. The summed E-state index contributed by atoms with van der Waals surface area (Å²) in [5.41, 5.74) is -2.03. The van der Waals surface area contributed by atoms with Gasteiger partial charge in [0.15, 0.2) is 28.8 Å². The maximum Gasteiger partial charge on any atom is 0.373 e. The molecule has 248 valence electrons. The zero-order chi connectivity index (χ0) is 34.2. The van der Waals surface area contributed by atoms with E-state index >= 15 is 0 Å². The number of aliphatic hydroxyl groups excluding tert-OH is 1. The molecule has 5 rings (SSSR count). The van der Waals surface area contributed by atoms with Crippen LogP contribution < -0.4 is 24.3 Å². The summed E-state index contributed by atoms with van der Waals surface area (Å²) in [5.74, 6) is -4.92. The molecule has 14 heteroatoms. The van der Waals surface area contributed by atoms with Gasteiger partial charge in [0.2, 0.25) is 23.1 Å². The van der Waals surface area contributed by atoms with E-state index in [1.807, 2.05) is 0 Å². The SMILES string of the molecule is COC(=O)c1ccc(CNC(=O)CC(C2=C(O)[C@@]3(Oc4c(Cl)c(OC)cc(OC)c4C3=O)[C@H](C)CC2=O)c2ccc(O)c(OC)c2)o1. The smallest absolute Gasteiger partial charge is 0.373 e. The number of aliphatic hydroxyl groups is 1. The highest BCUT2D eigenvalue weighted by molar-refractivity contribution is 6.35. The van der Waals surface area contributed by atoms with Gasteiger partial charge in [-0.1, -0.05) is 24.6 Å². The minimum absolute atomic E-state index is 0.0283. The predicted octanol–water partition coefficient (Wildman–Crippen LogP) is 4.68. The van der Waals surface area contributed by atoms with E-state index < -0.39 is 53.1 Å². The van der Waals surface area contributed by atoms with Gasteiger partial charge in [-0.3, -0.25) is 14.4 Å². The number of carbonyl (C=O) groups excluding carboxylic acids is 4. The number of benzene rings is 2. The van der Waals surface area contributed by atoms with Crippen molar-refractivity contribution in [1.29, 1.82) is 0 Å². The van der Waals surface area contributed by atoms with Crippen LogP contribution in [0.5, 0.6) is 28.7 Å². The molecule has 3 atom stereocenters. The number of allylic oxidation sites excluding steroid dienone is 1. The van der Waals surface area contributed by atoms with Crippen LogP contribution in [0.4, 0.5) is 0 Å². The number of ketones is 2. The number of rotatable bonds is 10. The van der Waals surface area contributed by atoms with E-state index in [4.69, 9.17) is 35.0 Å². The van der Waals surface area contributed by atoms with Crippen LogP contribution in [0.3, 0.4) is 0 Å². The van der Waals surface area contributed by atoms with E-state index in [-0.39, 0.29) is 69.4 Å². The summed E-state index contributed by atoms with van der Waals surface area (Å²) >= 11 is 6.55. The van der Waals surface area contributed by atoms with E-state index in [1.165, 1.54) is 64.8 Å². The first-order valence-electron chi connectivity index (χ1n) is 14.4. The Hall–Kier alpha value is -5.17. The number of aromatic hydroxyl groups is 1. The standard InChI is InChI=1S/C33H32ClNO12/c1-15-10-20(37)26(30(39)33(15)31(40)27-23(43-3)13-24(44-4)28(34)29(27)47-33)18(16-6-8-19(36)22(11-16)42-2)12-25(38)35-14-17-7-9-21(46-17)32(41)45-5/h6-9,11,13,15,18,36,39H,10,12,14H2,1-5H3,(H,35,38)/t15-,18?,33+/m1/s1. The molecule has 1 spiro atoms. The zero-order valence-corrected chi connectivity index (χ0v) is 26.9. The molecule has 1 unspecified atom stereocenters. The number of furan rings is 1. The Balaban J connectivity index is 1.58. The molecule has 1 aliphatic carbocycles. The van der Waals surface area contributed by atoms with Crippen LogP contribution in [-0.4, -0.2) is 67.7 Å². The lowest BCUT2D eigenvalue weighted by Gasteiger charge is -2.38. The normalized spacial score (nSPS) is 19.2. The van der Waals surface area contributed by atoms with Gasteiger partial charge in [0.25, 0.3) is 0 Å². The first-order chi connectivity index (χ1) is 22.4. The second kappa shape index (κ2) is 12.9. The molecule has 2 aromatic carbocycles. The van der Waals surface area contributed by atoms with Gasteiger partial charge in [-0.2, -0.15) is 0 Å². The monoisotopic (exact) mass is 669 g/mol. The molecule has 1 aromatic heterocycles. The third kappa shape index (κ3) is 5.60. The summed E-state index contributed by atoms with van der Waals surface area (Å²) in [7, 11) is 5.26. The van der Waals surface area contributed by atoms with Crippen molar-refractivity contribution in [1.82, 2.24) is 5.32 Å². The van der Waals surface area contributed by atoms with Gasteiger partial charge >= 0.3 is 5.97 Å². The predicted molar refractivity (Wildman–Crippen MR) is 165 cm³/mol. The Kier molecular flexibility index (Phi) is 9.12. The van der Waals surface area contributed by atoms with Crippen molar-refractivity contribution in [3.8, 4) is 28.7 Å². The van der Waals surface area contributed by atoms with E-state index in [0.717, 1.165) is 0 Å². The minimum Gasteiger partial charge on any atom is -0.507 e. The fourth-order valence-electron chi connectivity index (χ4n) is 5.96. The number of phenolic OH excluding ortho intramolecular Hbond substituents is 1. The summed E-state index contributed by atoms with van der Waals surface area (Å²) in [4.78, 5) is 53.2. The number of methoxy groups -OCH3 is 4. The van der Waals surface area contributed by atoms with Gasteiger partial charge in [0.05, 0.1) is 35.0 Å². The van der Waals surface area contributed by atoms with Crippen molar-refractivity contribution < 1.29 is 57.5 Å². The van der Waals surface area contributed by atoms with Crippen molar-refractivity contribution in [2.75, 3.05) is 28.4 Å². The number of Topliss-reactive ketones (excluding diaryl/α,β-unsaturated/α-hetero) is 2. The lowest BCUT2D eigenvalue weighted by Crippen LogP contribution is -2.53. The Morgan fingerprint density at radius 1 is 1.02 bits per heavy atom. The molecule has 47 heavy (non-hydrogen) atoms. The molecular weight excluding hydrogens is 638 g/mol. The summed E-state index contributed by atoms with van der Waals surface area (Å²) < 4.78 is 32.3. The number of carbonyl (C=O) groups is 4. The molecule has 0 bridgehead atoms. The van der Waals surface area contributed by atoms with E-state index in [0.29, 0.717) is 5.56 Å². The third-order valence-electron chi connectivity index (χ3n) is 8.36. The Morgan fingerprint density at radius 2 is 1.72 bits per heavy atom. The highest BCUT2D eigenvalue weighted by Gasteiger charge is 2.61. The first-order valence-corrected chi connectivity index (χ1v) is 14.7. The average molecular weight is 670 g/mol. The van der Waals surface area contributed by atoms with E-state index in [9.17, 15) is 29.4 Å². The maximum atomic E-state index is 14.3. The number of halogens is 1. The second-order valence-electron chi connectivity index (χ2n) is 11.0. The van der Waals surface area contributed by atoms with Crippen molar-refractivity contribution in [3.05, 3.63) is 75.4 Å². The molecule has 0 saturated carbocycles. The Bertz CT molecular complexity index is 1810. The number of esters is 1. The van der Waals surface area contributed by atoms with Gasteiger partial charge in [-0.05, 0) is 29.8 Å². The molecule has 13 nitrogen and oxygen atoms in total. The molecule has 0 saturated heterocycles.